The second-order valence-corrected chi connectivity index (χ2v) is 13.7. The largest absolute Gasteiger partial charge is 0.299 e. The number of fused-ring (bicyclic) bond motifs is 5. The molecule has 0 aliphatic heterocycles. The monoisotopic (exact) mass is 673 g/mol. The fourth-order valence-electron chi connectivity index (χ4n) is 8.62. The lowest BCUT2D eigenvalue weighted by Gasteiger charge is -2.20. The average molecular weight is 674 g/mol. The summed E-state index contributed by atoms with van der Waals surface area (Å²) in [4.78, 5) is 9.67. The molecule has 1 aliphatic carbocycles. The van der Waals surface area contributed by atoms with Gasteiger partial charge < -0.3 is 0 Å². The van der Waals surface area contributed by atoms with Gasteiger partial charge in [-0.1, -0.05) is 152 Å². The number of benzene rings is 7. The minimum atomic E-state index is 0.861. The normalized spacial score (nSPS) is 11.8. The molecule has 0 bridgehead atoms. The van der Waals surface area contributed by atoms with Gasteiger partial charge in [0.2, 0.25) is 0 Å². The van der Waals surface area contributed by atoms with Crippen LogP contribution in [0.1, 0.15) is 0 Å². The molecule has 0 saturated carbocycles. The zero-order valence-electron chi connectivity index (χ0n) is 28.7. The Morgan fingerprint density at radius 2 is 0.962 bits per heavy atom. The molecule has 3 aromatic heterocycles. The number of hydrogen-bond acceptors (Lipinski definition) is 2. The number of imidazole rings is 1. The van der Waals surface area contributed by atoms with E-state index in [0.29, 0.717) is 0 Å². The molecular weight excluding hydrogens is 643 g/mol. The van der Waals surface area contributed by atoms with Crippen LogP contribution in [0.5, 0.6) is 0 Å². The quantitative estimate of drug-likeness (QED) is 0.182. The number of hydrogen-bond donors (Lipinski definition) is 0. The molecule has 0 unspecified atom stereocenters. The highest BCUT2D eigenvalue weighted by atomic mass is 15.0. The van der Waals surface area contributed by atoms with Crippen LogP contribution in [0.4, 0.5) is 0 Å². The molecule has 7 aromatic carbocycles. The van der Waals surface area contributed by atoms with Crippen molar-refractivity contribution in [2.24, 2.45) is 0 Å². The fourth-order valence-corrected chi connectivity index (χ4v) is 8.62. The van der Waals surface area contributed by atoms with Gasteiger partial charge >= 0.3 is 0 Å². The van der Waals surface area contributed by atoms with Gasteiger partial charge in [-0.2, -0.15) is 0 Å². The molecule has 1 aliphatic rings. The third-order valence-electron chi connectivity index (χ3n) is 10.8. The molecule has 0 spiro atoms. The highest BCUT2D eigenvalue weighted by molar-refractivity contribution is 6.28. The van der Waals surface area contributed by atoms with Gasteiger partial charge in [-0.25, -0.2) is 4.98 Å². The molecule has 0 radical (unpaired) electrons. The summed E-state index contributed by atoms with van der Waals surface area (Å²) >= 11 is 0. The van der Waals surface area contributed by atoms with E-state index in [9.17, 15) is 0 Å². The van der Waals surface area contributed by atoms with E-state index in [2.05, 4.69) is 161 Å². The third-order valence-corrected chi connectivity index (χ3v) is 10.8. The molecule has 0 atom stereocenters. The summed E-state index contributed by atoms with van der Waals surface area (Å²) < 4.78 is 2.16. The Kier molecular flexibility index (Phi) is 6.55. The lowest BCUT2D eigenvalue weighted by Crippen LogP contribution is -1.93. The maximum Gasteiger partial charge on any atom is 0.138 e. The van der Waals surface area contributed by atoms with E-state index in [1.807, 2.05) is 36.5 Å². The highest BCUT2D eigenvalue weighted by Crippen LogP contribution is 2.58. The minimum Gasteiger partial charge on any atom is -0.299 e. The molecule has 11 rings (SSSR count). The molecule has 0 saturated heterocycles. The van der Waals surface area contributed by atoms with Crippen LogP contribution in [0.3, 0.4) is 0 Å². The van der Waals surface area contributed by atoms with Crippen molar-refractivity contribution in [1.29, 1.82) is 0 Å². The van der Waals surface area contributed by atoms with Crippen LogP contribution in [-0.2, 0) is 0 Å². The zero-order chi connectivity index (χ0) is 34.9. The molecule has 3 heterocycles. The first-order valence-electron chi connectivity index (χ1n) is 18.1. The minimum absolute atomic E-state index is 0.861. The van der Waals surface area contributed by atoms with Gasteiger partial charge in [0.15, 0.2) is 0 Å². The van der Waals surface area contributed by atoms with Gasteiger partial charge in [-0.05, 0) is 101 Å². The predicted molar refractivity (Wildman–Crippen MR) is 220 cm³/mol. The standard InChI is InChI=1S/C50H31N3/c1-3-14-33(15-4-1)44-38-18-7-8-19-39(38)45(34-16-5-2-6-17-34)48-41-29-28-36(37-20-13-21-40(46(37)41)47(44)48)32-24-26-35(27-25-32)50-49(42-22-9-11-30-51-42)52-43-23-10-12-31-53(43)50/h1-31H. The van der Waals surface area contributed by atoms with E-state index < -0.39 is 0 Å². The van der Waals surface area contributed by atoms with Crippen molar-refractivity contribution in [1.82, 2.24) is 14.4 Å². The van der Waals surface area contributed by atoms with Crippen molar-refractivity contribution in [3.63, 3.8) is 0 Å². The molecule has 0 N–H and O–H groups in total. The Labute approximate surface area is 307 Å². The predicted octanol–water partition coefficient (Wildman–Crippen LogP) is 13.0. The van der Waals surface area contributed by atoms with Crippen LogP contribution in [0.15, 0.2) is 188 Å². The summed E-state index contributed by atoms with van der Waals surface area (Å²) in [6.07, 6.45) is 3.91. The summed E-state index contributed by atoms with van der Waals surface area (Å²) in [6.45, 7) is 0. The Morgan fingerprint density at radius 1 is 0.377 bits per heavy atom. The van der Waals surface area contributed by atoms with Crippen LogP contribution in [0.25, 0.3) is 105 Å². The van der Waals surface area contributed by atoms with Crippen molar-refractivity contribution >= 4 is 27.2 Å². The van der Waals surface area contributed by atoms with E-state index in [0.717, 1.165) is 28.3 Å². The second kappa shape index (κ2) is 11.7. The fraction of sp³-hybridized carbons (Fsp3) is 0. The number of rotatable bonds is 5. The van der Waals surface area contributed by atoms with Gasteiger partial charge in [-0.3, -0.25) is 9.38 Å². The summed E-state index contributed by atoms with van der Waals surface area (Å²) in [7, 11) is 0. The Morgan fingerprint density at radius 3 is 1.64 bits per heavy atom. The first-order valence-corrected chi connectivity index (χ1v) is 18.1. The SMILES string of the molecule is c1ccc(-c2c3c(c(-c4ccccc4)c4ccccc24)-c2ccc(-c4ccc(-c5c(-c6ccccn6)nc6ccccn56)cc4)c4cccc-3c24)cc1. The molecule has 53 heavy (non-hydrogen) atoms. The van der Waals surface area contributed by atoms with E-state index in [1.54, 1.807) is 0 Å². The zero-order valence-corrected chi connectivity index (χ0v) is 28.7. The van der Waals surface area contributed by atoms with Gasteiger partial charge in [-0.15, -0.1) is 0 Å². The molecular formula is C50H31N3. The number of aromatic nitrogens is 3. The first kappa shape index (κ1) is 29.6. The number of nitrogens with zero attached hydrogens (tertiary/aromatic N) is 3. The highest BCUT2D eigenvalue weighted by Gasteiger charge is 2.31. The molecule has 3 nitrogen and oxygen atoms in total. The first-order chi connectivity index (χ1) is 26.3. The van der Waals surface area contributed by atoms with Crippen LogP contribution in [-0.4, -0.2) is 14.4 Å². The Balaban J connectivity index is 1.13. The average Bonchev–Trinajstić information content (AvgIpc) is 3.78. The van der Waals surface area contributed by atoms with Crippen LogP contribution >= 0.6 is 0 Å². The Hall–Kier alpha value is -7.10. The van der Waals surface area contributed by atoms with Crippen LogP contribution in [0.2, 0.25) is 0 Å². The smallest absolute Gasteiger partial charge is 0.138 e. The van der Waals surface area contributed by atoms with E-state index in [1.165, 1.54) is 77.2 Å². The maximum atomic E-state index is 5.01. The van der Waals surface area contributed by atoms with E-state index in [4.69, 9.17) is 4.98 Å². The maximum absolute atomic E-state index is 5.01. The summed E-state index contributed by atoms with van der Waals surface area (Å²) in [6, 6.07) is 63.4. The summed E-state index contributed by atoms with van der Waals surface area (Å²) in [5.41, 5.74) is 17.4. The lowest BCUT2D eigenvalue weighted by atomic mass is 9.82. The van der Waals surface area contributed by atoms with Crippen LogP contribution in [0, 0.1) is 0 Å². The van der Waals surface area contributed by atoms with Crippen molar-refractivity contribution in [2.45, 2.75) is 0 Å². The van der Waals surface area contributed by atoms with Gasteiger partial charge in [0.25, 0.3) is 0 Å². The molecule has 0 amide bonds. The second-order valence-electron chi connectivity index (χ2n) is 13.7. The topological polar surface area (TPSA) is 30.2 Å². The number of pyridine rings is 2. The molecule has 0 fully saturated rings. The molecule has 10 aromatic rings. The molecule has 3 heteroatoms. The third kappa shape index (κ3) is 4.47. The van der Waals surface area contributed by atoms with Gasteiger partial charge in [0.05, 0.1) is 11.4 Å². The van der Waals surface area contributed by atoms with Crippen molar-refractivity contribution < 1.29 is 0 Å². The molecule has 246 valence electrons. The van der Waals surface area contributed by atoms with Crippen molar-refractivity contribution in [3.8, 4) is 78.3 Å². The van der Waals surface area contributed by atoms with Crippen molar-refractivity contribution in [3.05, 3.63) is 188 Å². The Bertz CT molecular complexity index is 2920. The van der Waals surface area contributed by atoms with Gasteiger partial charge in [0.1, 0.15) is 11.3 Å². The summed E-state index contributed by atoms with van der Waals surface area (Å²) in [5, 5.41) is 5.12. The summed E-state index contributed by atoms with van der Waals surface area (Å²) in [5.74, 6) is 0. The van der Waals surface area contributed by atoms with Crippen LogP contribution < -0.4 is 0 Å². The van der Waals surface area contributed by atoms with E-state index >= 15 is 0 Å². The van der Waals surface area contributed by atoms with E-state index in [-0.39, 0.29) is 0 Å². The lowest BCUT2D eigenvalue weighted by molar-refractivity contribution is 1.19. The van der Waals surface area contributed by atoms with Gasteiger partial charge in [0, 0.05) is 18.0 Å². The van der Waals surface area contributed by atoms with Crippen molar-refractivity contribution in [2.75, 3.05) is 0 Å².